The number of hydrazone groups is 1. The fraction of sp³-hybridized carbons (Fsp3) is 0.111. The van der Waals surface area contributed by atoms with E-state index in [1.165, 1.54) is 31.4 Å². The number of hydrogen-bond donors (Lipinski definition) is 1. The monoisotopic (exact) mass is 230 g/mol. The molecule has 6 heteroatoms. The number of benzene rings is 1. The first kappa shape index (κ1) is 11.5. The number of carbonyl (C=O) groups is 1. The Morgan fingerprint density at radius 3 is 2.60 bits per heavy atom. The van der Waals surface area contributed by atoms with Gasteiger partial charge in [0.05, 0.1) is 12.8 Å². The summed E-state index contributed by atoms with van der Waals surface area (Å²) in [5.74, 6) is -1.10. The van der Waals surface area contributed by atoms with Crippen molar-refractivity contribution in [2.45, 2.75) is 0 Å². The Morgan fingerprint density at radius 1 is 1.47 bits per heavy atom. The van der Waals surface area contributed by atoms with Gasteiger partial charge in [-0.25, -0.2) is 9.18 Å². The summed E-state index contributed by atoms with van der Waals surface area (Å²) in [6, 6.07) is 5.42. The van der Waals surface area contributed by atoms with Gasteiger partial charge in [0, 0.05) is 0 Å². The van der Waals surface area contributed by atoms with E-state index in [0.717, 1.165) is 0 Å². The maximum absolute atomic E-state index is 12.5. The fourth-order valence-electron chi connectivity index (χ4n) is 0.768. The Bertz CT molecular complexity index is 378. The molecule has 0 saturated heterocycles. The third kappa shape index (κ3) is 3.55. The van der Waals surface area contributed by atoms with E-state index in [0.29, 0.717) is 5.69 Å². The van der Waals surface area contributed by atoms with Gasteiger partial charge < -0.3 is 4.74 Å². The molecule has 0 amide bonds. The Kier molecular flexibility index (Phi) is 4.05. The lowest BCUT2D eigenvalue weighted by Gasteiger charge is -2.00. The summed E-state index contributed by atoms with van der Waals surface area (Å²) in [6.07, 6.45) is 0. The van der Waals surface area contributed by atoms with Crippen LogP contribution in [0, 0.1) is 5.82 Å². The van der Waals surface area contributed by atoms with Gasteiger partial charge in [0.15, 0.2) is 0 Å². The lowest BCUT2D eigenvalue weighted by Crippen LogP contribution is -2.11. The second-order valence-corrected chi connectivity index (χ2v) is 2.87. The second-order valence-electron chi connectivity index (χ2n) is 2.51. The molecule has 15 heavy (non-hydrogen) atoms. The highest BCUT2D eigenvalue weighted by molar-refractivity contribution is 6.82. The number of esters is 1. The molecule has 0 aliphatic rings. The predicted molar refractivity (Wildman–Crippen MR) is 55.3 cm³/mol. The molecule has 1 N–H and O–H groups in total. The van der Waals surface area contributed by atoms with Gasteiger partial charge in [-0.1, -0.05) is 11.6 Å². The maximum Gasteiger partial charge on any atom is 0.370 e. The van der Waals surface area contributed by atoms with Gasteiger partial charge >= 0.3 is 5.97 Å². The van der Waals surface area contributed by atoms with Crippen molar-refractivity contribution < 1.29 is 13.9 Å². The number of ether oxygens (including phenoxy) is 1. The predicted octanol–water partition coefficient (Wildman–Crippen LogP) is 1.96. The molecule has 0 bridgehead atoms. The van der Waals surface area contributed by atoms with Crippen LogP contribution in [0.5, 0.6) is 0 Å². The van der Waals surface area contributed by atoms with Gasteiger partial charge in [0.1, 0.15) is 5.82 Å². The SMILES string of the molecule is COC(=O)/C(Cl)=N\Nc1ccc(F)cc1. The van der Waals surface area contributed by atoms with Crippen LogP contribution >= 0.6 is 11.6 Å². The summed E-state index contributed by atoms with van der Waals surface area (Å²) in [4.78, 5) is 10.8. The lowest BCUT2D eigenvalue weighted by atomic mass is 10.3. The molecule has 80 valence electrons. The minimum Gasteiger partial charge on any atom is -0.464 e. The zero-order valence-corrected chi connectivity index (χ0v) is 8.58. The van der Waals surface area contributed by atoms with Crippen molar-refractivity contribution in [3.05, 3.63) is 30.1 Å². The molecule has 0 unspecified atom stereocenters. The average Bonchev–Trinajstić information content (AvgIpc) is 2.26. The van der Waals surface area contributed by atoms with Crippen LogP contribution in [-0.2, 0) is 9.53 Å². The highest BCUT2D eigenvalue weighted by Crippen LogP contribution is 2.08. The largest absolute Gasteiger partial charge is 0.464 e. The number of methoxy groups -OCH3 is 1. The number of rotatable bonds is 3. The molecule has 0 aliphatic carbocycles. The van der Waals surface area contributed by atoms with E-state index in [2.05, 4.69) is 15.3 Å². The van der Waals surface area contributed by atoms with E-state index < -0.39 is 5.97 Å². The molecule has 0 radical (unpaired) electrons. The normalized spacial score (nSPS) is 11.0. The molecular formula is C9H8ClFN2O2. The van der Waals surface area contributed by atoms with Crippen molar-refractivity contribution in [3.63, 3.8) is 0 Å². The Balaban J connectivity index is 2.63. The third-order valence-electron chi connectivity index (χ3n) is 1.48. The molecule has 1 rings (SSSR count). The van der Waals surface area contributed by atoms with E-state index >= 15 is 0 Å². The number of hydrogen-bond acceptors (Lipinski definition) is 4. The molecular weight excluding hydrogens is 223 g/mol. The summed E-state index contributed by atoms with van der Waals surface area (Å²) in [5.41, 5.74) is 2.99. The third-order valence-corrected chi connectivity index (χ3v) is 1.72. The van der Waals surface area contributed by atoms with E-state index in [1.54, 1.807) is 0 Å². The van der Waals surface area contributed by atoms with E-state index in [4.69, 9.17) is 11.6 Å². The van der Waals surface area contributed by atoms with Gasteiger partial charge in [-0.3, -0.25) is 5.43 Å². The minimum absolute atomic E-state index is 0.332. The topological polar surface area (TPSA) is 50.7 Å². The van der Waals surface area contributed by atoms with E-state index in [1.807, 2.05) is 0 Å². The van der Waals surface area contributed by atoms with Crippen molar-refractivity contribution >= 4 is 28.4 Å². The summed E-state index contributed by atoms with van der Waals surface area (Å²) in [6.45, 7) is 0. The molecule has 1 aromatic carbocycles. The van der Waals surface area contributed by atoms with Crippen molar-refractivity contribution in [3.8, 4) is 0 Å². The molecule has 0 atom stereocenters. The number of halogens is 2. The average molecular weight is 231 g/mol. The van der Waals surface area contributed by atoms with Crippen LogP contribution < -0.4 is 5.43 Å². The van der Waals surface area contributed by atoms with Crippen LogP contribution in [-0.4, -0.2) is 18.2 Å². The van der Waals surface area contributed by atoms with Gasteiger partial charge in [-0.2, -0.15) is 5.10 Å². The van der Waals surface area contributed by atoms with Crippen LogP contribution in [0.3, 0.4) is 0 Å². The summed E-state index contributed by atoms with van der Waals surface area (Å²) in [5, 5.41) is 3.20. The maximum atomic E-state index is 12.5. The highest BCUT2D eigenvalue weighted by atomic mass is 35.5. The first-order valence-electron chi connectivity index (χ1n) is 3.96. The van der Waals surface area contributed by atoms with Crippen LogP contribution in [0.15, 0.2) is 29.4 Å². The first-order chi connectivity index (χ1) is 7.13. The molecule has 0 heterocycles. The standard InChI is InChI=1S/C9H8ClFN2O2/c1-15-9(14)8(10)13-12-7-4-2-6(11)3-5-7/h2-5,12H,1H3/b13-8+. The summed E-state index contributed by atoms with van der Waals surface area (Å²) < 4.78 is 16.8. The van der Waals surface area contributed by atoms with Gasteiger partial charge in [-0.05, 0) is 24.3 Å². The first-order valence-corrected chi connectivity index (χ1v) is 4.34. The Labute approximate surface area is 90.7 Å². The quantitative estimate of drug-likeness (QED) is 0.491. The number of nitrogens with zero attached hydrogens (tertiary/aromatic N) is 1. The molecule has 4 nitrogen and oxygen atoms in total. The van der Waals surface area contributed by atoms with E-state index in [9.17, 15) is 9.18 Å². The zero-order chi connectivity index (χ0) is 11.3. The molecule has 0 spiro atoms. The van der Waals surface area contributed by atoms with Crippen LogP contribution in [0.1, 0.15) is 0 Å². The van der Waals surface area contributed by atoms with E-state index in [-0.39, 0.29) is 11.0 Å². The molecule has 0 aliphatic heterocycles. The number of nitrogens with one attached hydrogen (secondary N) is 1. The van der Waals surface area contributed by atoms with Gasteiger partial charge in [-0.15, -0.1) is 0 Å². The van der Waals surface area contributed by atoms with Crippen LogP contribution in [0.2, 0.25) is 0 Å². The lowest BCUT2D eigenvalue weighted by molar-refractivity contribution is -0.132. The fourth-order valence-corrected chi connectivity index (χ4v) is 0.887. The smallest absolute Gasteiger partial charge is 0.370 e. The van der Waals surface area contributed by atoms with Crippen molar-refractivity contribution in [2.24, 2.45) is 5.10 Å². The Hall–Kier alpha value is -1.62. The van der Waals surface area contributed by atoms with Crippen LogP contribution in [0.25, 0.3) is 0 Å². The molecule has 1 aromatic rings. The minimum atomic E-state index is -0.744. The van der Waals surface area contributed by atoms with Crippen molar-refractivity contribution in [1.82, 2.24) is 0 Å². The molecule has 0 fully saturated rings. The molecule has 0 saturated carbocycles. The number of carbonyl (C=O) groups excluding carboxylic acids is 1. The highest BCUT2D eigenvalue weighted by Gasteiger charge is 2.07. The Morgan fingerprint density at radius 2 is 2.07 bits per heavy atom. The van der Waals surface area contributed by atoms with Crippen molar-refractivity contribution in [2.75, 3.05) is 12.5 Å². The zero-order valence-electron chi connectivity index (χ0n) is 7.83. The van der Waals surface area contributed by atoms with Gasteiger partial charge in [0.2, 0.25) is 5.17 Å². The van der Waals surface area contributed by atoms with Crippen molar-refractivity contribution in [1.29, 1.82) is 0 Å². The number of anilines is 1. The summed E-state index contributed by atoms with van der Waals surface area (Å²) in [7, 11) is 1.19. The summed E-state index contributed by atoms with van der Waals surface area (Å²) >= 11 is 5.45. The van der Waals surface area contributed by atoms with Gasteiger partial charge in [0.25, 0.3) is 0 Å². The molecule has 0 aromatic heterocycles. The van der Waals surface area contributed by atoms with Crippen LogP contribution in [0.4, 0.5) is 10.1 Å². The second kappa shape index (κ2) is 5.31.